The lowest BCUT2D eigenvalue weighted by Gasteiger charge is -2.10. The quantitative estimate of drug-likeness (QED) is 0.383. The Bertz CT molecular complexity index is 999. The van der Waals surface area contributed by atoms with E-state index in [9.17, 15) is 26.7 Å². The fourth-order valence-electron chi connectivity index (χ4n) is 2.45. The molecule has 0 N–H and O–H groups in total. The van der Waals surface area contributed by atoms with E-state index in [2.05, 4.69) is 14.5 Å². The number of carbonyl (C=O) groups is 1. The molecule has 3 rings (SSSR count). The van der Waals surface area contributed by atoms with Gasteiger partial charge in [-0.25, -0.2) is 9.79 Å². The number of rotatable bonds is 6. The number of cyclic esters (lactones) is 1. The molecular weight excluding hydrogens is 417 g/mol. The number of alkyl halides is 5. The molecule has 6 nitrogen and oxygen atoms in total. The number of nitrogens with zero attached hydrogens (tertiary/aromatic N) is 1. The second kappa shape index (κ2) is 8.39. The van der Waals surface area contributed by atoms with E-state index in [0.29, 0.717) is 5.56 Å². The Kier molecular flexibility index (Phi) is 5.90. The fourth-order valence-corrected chi connectivity index (χ4v) is 2.45. The van der Waals surface area contributed by atoms with Crippen molar-refractivity contribution < 1.29 is 45.7 Å². The van der Waals surface area contributed by atoms with E-state index in [1.165, 1.54) is 43.5 Å². The first-order chi connectivity index (χ1) is 14.1. The van der Waals surface area contributed by atoms with Crippen LogP contribution < -0.4 is 14.2 Å². The number of ether oxygens (including phenoxy) is 4. The summed E-state index contributed by atoms with van der Waals surface area (Å²) >= 11 is 0. The van der Waals surface area contributed by atoms with Crippen molar-refractivity contribution in [1.29, 1.82) is 0 Å². The van der Waals surface area contributed by atoms with Crippen molar-refractivity contribution in [3.05, 3.63) is 59.3 Å². The third-order valence-corrected chi connectivity index (χ3v) is 3.66. The number of benzene rings is 2. The Balaban J connectivity index is 1.82. The Morgan fingerprint density at radius 3 is 2.37 bits per heavy atom. The van der Waals surface area contributed by atoms with E-state index in [4.69, 9.17) is 9.47 Å². The summed E-state index contributed by atoms with van der Waals surface area (Å²) in [7, 11) is 1.25. The Hall–Kier alpha value is -3.63. The second-order valence-corrected chi connectivity index (χ2v) is 5.70. The summed E-state index contributed by atoms with van der Waals surface area (Å²) in [6, 6.07) is 8.61. The van der Waals surface area contributed by atoms with E-state index in [1.54, 1.807) is 0 Å². The standard InChI is InChI=1S/C19H12F5NO5/c1-27-15-9-11(4-7-14(15)28-18(20)21)16-25-13(17(26)29-16)8-10-2-5-12(6-3-10)30-19(22,23)24/h2-9,18H,1H3/b13-8-. The molecule has 0 saturated heterocycles. The number of hydrogen-bond donors (Lipinski definition) is 0. The normalized spacial score (nSPS) is 15.2. The van der Waals surface area contributed by atoms with Gasteiger partial charge in [0, 0.05) is 5.56 Å². The number of carbonyl (C=O) groups excluding carboxylic acids is 1. The number of methoxy groups -OCH3 is 1. The van der Waals surface area contributed by atoms with Crippen molar-refractivity contribution in [3.63, 3.8) is 0 Å². The molecule has 0 unspecified atom stereocenters. The van der Waals surface area contributed by atoms with Crippen LogP contribution in [0.25, 0.3) is 6.08 Å². The molecule has 30 heavy (non-hydrogen) atoms. The highest BCUT2D eigenvalue weighted by Gasteiger charge is 2.31. The van der Waals surface area contributed by atoms with Crippen LogP contribution in [0.15, 0.2) is 53.2 Å². The predicted octanol–water partition coefficient (Wildman–Crippen LogP) is 4.54. The van der Waals surface area contributed by atoms with Gasteiger partial charge in [-0.3, -0.25) is 0 Å². The van der Waals surface area contributed by atoms with Crippen LogP contribution >= 0.6 is 0 Å². The summed E-state index contributed by atoms with van der Waals surface area (Å²) in [4.78, 5) is 16.1. The van der Waals surface area contributed by atoms with E-state index >= 15 is 0 Å². The summed E-state index contributed by atoms with van der Waals surface area (Å²) in [6.07, 6.45) is -3.51. The minimum Gasteiger partial charge on any atom is -0.493 e. The van der Waals surface area contributed by atoms with Gasteiger partial charge in [0.2, 0.25) is 5.90 Å². The molecule has 2 aromatic carbocycles. The summed E-state index contributed by atoms with van der Waals surface area (Å²) in [5.41, 5.74) is 0.528. The van der Waals surface area contributed by atoms with Crippen molar-refractivity contribution in [2.75, 3.05) is 7.11 Å². The summed E-state index contributed by atoms with van der Waals surface area (Å²) in [5, 5.41) is 0. The van der Waals surface area contributed by atoms with Gasteiger partial charge in [-0.2, -0.15) is 8.78 Å². The molecule has 0 aliphatic carbocycles. The SMILES string of the molecule is COc1cc(C2=N/C(=C\c3ccc(OC(F)(F)F)cc3)C(=O)O2)ccc1OC(F)F. The van der Waals surface area contributed by atoms with Gasteiger partial charge in [0.25, 0.3) is 0 Å². The average molecular weight is 429 g/mol. The highest BCUT2D eigenvalue weighted by atomic mass is 19.4. The van der Waals surface area contributed by atoms with Crippen molar-refractivity contribution in [2.24, 2.45) is 4.99 Å². The van der Waals surface area contributed by atoms with Crippen LogP contribution in [-0.2, 0) is 9.53 Å². The van der Waals surface area contributed by atoms with Crippen LogP contribution in [0.1, 0.15) is 11.1 Å². The molecule has 1 aliphatic heterocycles. The molecule has 0 fully saturated rings. The van der Waals surface area contributed by atoms with Crippen LogP contribution in [0.3, 0.4) is 0 Å². The number of halogens is 5. The average Bonchev–Trinajstić information content (AvgIpc) is 3.02. The minimum atomic E-state index is -4.81. The maximum atomic E-state index is 12.4. The molecule has 0 atom stereocenters. The van der Waals surface area contributed by atoms with Gasteiger partial charge in [0.15, 0.2) is 17.2 Å². The van der Waals surface area contributed by atoms with Crippen LogP contribution in [0.4, 0.5) is 22.0 Å². The largest absolute Gasteiger partial charge is 0.573 e. The van der Waals surface area contributed by atoms with Gasteiger partial charge >= 0.3 is 18.9 Å². The summed E-state index contributed by atoms with van der Waals surface area (Å²) < 4.78 is 79.6. The van der Waals surface area contributed by atoms with Gasteiger partial charge in [-0.1, -0.05) is 12.1 Å². The third kappa shape index (κ3) is 5.25. The summed E-state index contributed by atoms with van der Waals surface area (Å²) in [6.45, 7) is -3.05. The Morgan fingerprint density at radius 1 is 1.07 bits per heavy atom. The number of esters is 1. The maximum Gasteiger partial charge on any atom is 0.573 e. The molecule has 0 amide bonds. The molecule has 0 spiro atoms. The lowest BCUT2D eigenvalue weighted by Crippen LogP contribution is -2.16. The van der Waals surface area contributed by atoms with Crippen LogP contribution in [0, 0.1) is 0 Å². The van der Waals surface area contributed by atoms with Crippen LogP contribution in [0.5, 0.6) is 17.2 Å². The zero-order chi connectivity index (χ0) is 21.9. The molecule has 158 valence electrons. The number of aliphatic imine (C=N–C) groups is 1. The smallest absolute Gasteiger partial charge is 0.493 e. The molecule has 2 aromatic rings. The third-order valence-electron chi connectivity index (χ3n) is 3.66. The molecule has 11 heteroatoms. The molecule has 0 bridgehead atoms. The van der Waals surface area contributed by atoms with Crippen molar-refractivity contribution in [3.8, 4) is 17.2 Å². The van der Waals surface area contributed by atoms with E-state index in [1.807, 2.05) is 0 Å². The van der Waals surface area contributed by atoms with Gasteiger partial charge in [0.1, 0.15) is 5.75 Å². The zero-order valence-electron chi connectivity index (χ0n) is 15.1. The second-order valence-electron chi connectivity index (χ2n) is 5.70. The van der Waals surface area contributed by atoms with Crippen molar-refractivity contribution >= 4 is 17.9 Å². The minimum absolute atomic E-state index is 0.0239. The fraction of sp³-hybridized carbons (Fsp3) is 0.158. The first-order valence-corrected chi connectivity index (χ1v) is 8.16. The highest BCUT2D eigenvalue weighted by molar-refractivity contribution is 6.13. The highest BCUT2D eigenvalue weighted by Crippen LogP contribution is 2.31. The van der Waals surface area contributed by atoms with Gasteiger partial charge in [-0.15, -0.1) is 13.2 Å². The number of hydrogen-bond acceptors (Lipinski definition) is 6. The Labute approximate surface area is 166 Å². The molecule has 1 heterocycles. The monoisotopic (exact) mass is 429 g/mol. The lowest BCUT2D eigenvalue weighted by molar-refractivity contribution is -0.274. The summed E-state index contributed by atoms with van der Waals surface area (Å²) in [5.74, 6) is -1.55. The van der Waals surface area contributed by atoms with Crippen molar-refractivity contribution in [2.45, 2.75) is 13.0 Å². The molecule has 0 aromatic heterocycles. The Morgan fingerprint density at radius 2 is 1.77 bits per heavy atom. The van der Waals surface area contributed by atoms with Crippen molar-refractivity contribution in [1.82, 2.24) is 0 Å². The predicted molar refractivity (Wildman–Crippen MR) is 93.4 cm³/mol. The lowest BCUT2D eigenvalue weighted by atomic mass is 10.2. The van der Waals surface area contributed by atoms with Crippen LogP contribution in [-0.4, -0.2) is 32.0 Å². The topological polar surface area (TPSA) is 66.4 Å². The van der Waals surface area contributed by atoms with E-state index in [-0.39, 0.29) is 28.7 Å². The first-order valence-electron chi connectivity index (χ1n) is 8.16. The zero-order valence-corrected chi connectivity index (χ0v) is 15.1. The molecule has 0 radical (unpaired) electrons. The van der Waals surface area contributed by atoms with Gasteiger partial charge in [0.05, 0.1) is 7.11 Å². The molecule has 0 saturated carbocycles. The first kappa shape index (κ1) is 21.1. The molecule has 1 aliphatic rings. The maximum absolute atomic E-state index is 12.4. The van der Waals surface area contributed by atoms with E-state index in [0.717, 1.165) is 12.1 Å². The van der Waals surface area contributed by atoms with Gasteiger partial charge < -0.3 is 18.9 Å². The molecular formula is C19H12F5NO5. The van der Waals surface area contributed by atoms with Gasteiger partial charge in [-0.05, 0) is 42.0 Å². The van der Waals surface area contributed by atoms with E-state index < -0.39 is 24.7 Å². The van der Waals surface area contributed by atoms with Crippen LogP contribution in [0.2, 0.25) is 0 Å².